The summed E-state index contributed by atoms with van der Waals surface area (Å²) in [5.41, 5.74) is 0.865. The number of fused-ring (bicyclic) bond motifs is 1. The first-order valence-corrected chi connectivity index (χ1v) is 8.60. The number of nitrogens with one attached hydrogen (secondary N) is 2. The maximum atomic E-state index is 4.27. The van der Waals surface area contributed by atoms with Gasteiger partial charge in [-0.15, -0.1) is 10.2 Å². The number of nitrogens with zero attached hydrogens (tertiary/aromatic N) is 4. The Morgan fingerprint density at radius 2 is 2.13 bits per heavy atom. The van der Waals surface area contributed by atoms with Gasteiger partial charge in [0.05, 0.1) is 6.54 Å². The molecule has 6 nitrogen and oxygen atoms in total. The number of aliphatic imine (C=N–C) groups is 1. The first-order chi connectivity index (χ1) is 11.4. The minimum Gasteiger partial charge on any atom is -0.356 e. The Morgan fingerprint density at radius 1 is 1.26 bits per heavy atom. The Kier molecular flexibility index (Phi) is 5.45. The van der Waals surface area contributed by atoms with E-state index in [0.29, 0.717) is 6.54 Å². The van der Waals surface area contributed by atoms with Crippen molar-refractivity contribution in [2.75, 3.05) is 13.6 Å². The average molecular weight is 314 g/mol. The van der Waals surface area contributed by atoms with Crippen molar-refractivity contribution in [3.8, 4) is 0 Å². The van der Waals surface area contributed by atoms with Gasteiger partial charge in [0.25, 0.3) is 0 Å². The van der Waals surface area contributed by atoms with Crippen molar-refractivity contribution < 1.29 is 0 Å². The summed E-state index contributed by atoms with van der Waals surface area (Å²) in [4.78, 5) is 4.27. The highest BCUT2D eigenvalue weighted by atomic mass is 15.3. The molecule has 0 spiro atoms. The molecule has 1 aliphatic rings. The molecule has 0 radical (unpaired) electrons. The normalized spacial score (nSPS) is 16.1. The molecule has 0 bridgehead atoms. The van der Waals surface area contributed by atoms with Gasteiger partial charge >= 0.3 is 0 Å². The molecule has 1 aliphatic carbocycles. The van der Waals surface area contributed by atoms with Crippen molar-refractivity contribution >= 4 is 11.6 Å². The summed E-state index contributed by atoms with van der Waals surface area (Å²) in [6, 6.07) is 5.90. The first kappa shape index (κ1) is 15.8. The molecule has 0 saturated heterocycles. The van der Waals surface area contributed by atoms with E-state index in [2.05, 4.69) is 25.8 Å². The van der Waals surface area contributed by atoms with E-state index in [4.69, 9.17) is 0 Å². The molecule has 2 aromatic heterocycles. The topological polar surface area (TPSA) is 66.6 Å². The van der Waals surface area contributed by atoms with E-state index in [1.807, 2.05) is 28.8 Å². The molecule has 23 heavy (non-hydrogen) atoms. The number of pyridine rings is 1. The number of hydrogen-bond donors (Lipinski definition) is 2. The van der Waals surface area contributed by atoms with Crippen LogP contribution in [0.25, 0.3) is 5.65 Å². The van der Waals surface area contributed by atoms with Crippen molar-refractivity contribution in [1.82, 2.24) is 25.2 Å². The molecule has 3 rings (SSSR count). The van der Waals surface area contributed by atoms with Gasteiger partial charge in [-0.05, 0) is 30.9 Å². The summed E-state index contributed by atoms with van der Waals surface area (Å²) in [6.07, 6.45) is 10.2. The van der Waals surface area contributed by atoms with Crippen molar-refractivity contribution in [3.63, 3.8) is 0 Å². The number of guanidine groups is 1. The minimum atomic E-state index is 0.605. The van der Waals surface area contributed by atoms with Crippen molar-refractivity contribution in [1.29, 1.82) is 0 Å². The van der Waals surface area contributed by atoms with Gasteiger partial charge in [0.2, 0.25) is 0 Å². The lowest BCUT2D eigenvalue weighted by Gasteiger charge is -2.12. The highest BCUT2D eigenvalue weighted by Crippen LogP contribution is 2.28. The first-order valence-electron chi connectivity index (χ1n) is 8.60. The molecule has 0 amide bonds. The van der Waals surface area contributed by atoms with Crippen LogP contribution in [0, 0.1) is 5.92 Å². The molecule has 2 aromatic rings. The van der Waals surface area contributed by atoms with Gasteiger partial charge in [-0.25, -0.2) is 0 Å². The molecule has 0 unspecified atom stereocenters. The fraction of sp³-hybridized carbons (Fsp3) is 0.588. The van der Waals surface area contributed by atoms with Gasteiger partial charge in [0, 0.05) is 19.8 Å². The minimum absolute atomic E-state index is 0.605. The van der Waals surface area contributed by atoms with Crippen LogP contribution in [-0.2, 0) is 6.54 Å². The summed E-state index contributed by atoms with van der Waals surface area (Å²) < 4.78 is 1.99. The fourth-order valence-electron chi connectivity index (χ4n) is 3.29. The van der Waals surface area contributed by atoms with Gasteiger partial charge in [-0.1, -0.05) is 31.7 Å². The molecular formula is C17H26N6. The molecule has 1 fully saturated rings. The van der Waals surface area contributed by atoms with Gasteiger partial charge in [-0.2, -0.15) is 0 Å². The van der Waals surface area contributed by atoms with E-state index >= 15 is 0 Å². The summed E-state index contributed by atoms with van der Waals surface area (Å²) >= 11 is 0. The smallest absolute Gasteiger partial charge is 0.191 e. The molecule has 124 valence electrons. The van der Waals surface area contributed by atoms with Crippen LogP contribution in [0.5, 0.6) is 0 Å². The summed E-state index contributed by atoms with van der Waals surface area (Å²) in [6.45, 7) is 1.57. The van der Waals surface area contributed by atoms with E-state index in [1.165, 1.54) is 38.5 Å². The van der Waals surface area contributed by atoms with Gasteiger partial charge in [0.1, 0.15) is 0 Å². The Labute approximate surface area is 137 Å². The molecule has 1 saturated carbocycles. The van der Waals surface area contributed by atoms with Crippen LogP contribution in [0.15, 0.2) is 29.4 Å². The van der Waals surface area contributed by atoms with E-state index in [1.54, 1.807) is 7.05 Å². The van der Waals surface area contributed by atoms with Gasteiger partial charge in [0.15, 0.2) is 17.4 Å². The lowest BCUT2D eigenvalue weighted by atomic mass is 10.0. The highest BCUT2D eigenvalue weighted by Gasteiger charge is 2.14. The molecule has 2 N–H and O–H groups in total. The van der Waals surface area contributed by atoms with Crippen LogP contribution < -0.4 is 10.6 Å². The fourth-order valence-corrected chi connectivity index (χ4v) is 3.29. The predicted octanol–water partition coefficient (Wildman–Crippen LogP) is 2.36. The average Bonchev–Trinajstić information content (AvgIpc) is 3.24. The second kappa shape index (κ2) is 7.94. The van der Waals surface area contributed by atoms with Crippen LogP contribution in [-0.4, -0.2) is 34.2 Å². The van der Waals surface area contributed by atoms with Crippen LogP contribution in [0.4, 0.5) is 0 Å². The quantitative estimate of drug-likeness (QED) is 0.488. The summed E-state index contributed by atoms with van der Waals surface area (Å²) in [5, 5.41) is 15.1. The number of hydrogen-bond acceptors (Lipinski definition) is 3. The zero-order valence-electron chi connectivity index (χ0n) is 13.8. The van der Waals surface area contributed by atoms with Crippen LogP contribution in [0.1, 0.15) is 44.3 Å². The van der Waals surface area contributed by atoms with Gasteiger partial charge < -0.3 is 10.6 Å². The van der Waals surface area contributed by atoms with Crippen LogP contribution in [0.3, 0.4) is 0 Å². The Morgan fingerprint density at radius 3 is 2.96 bits per heavy atom. The Bertz CT molecular complexity index is 641. The van der Waals surface area contributed by atoms with Crippen LogP contribution in [0.2, 0.25) is 0 Å². The third kappa shape index (κ3) is 4.21. The van der Waals surface area contributed by atoms with E-state index in [-0.39, 0.29) is 0 Å². The molecule has 0 atom stereocenters. The zero-order chi connectivity index (χ0) is 15.9. The number of rotatable bonds is 6. The molecule has 0 aliphatic heterocycles. The second-order valence-corrected chi connectivity index (χ2v) is 6.19. The largest absolute Gasteiger partial charge is 0.356 e. The van der Waals surface area contributed by atoms with E-state index in [0.717, 1.165) is 29.9 Å². The molecule has 0 aromatic carbocycles. The monoisotopic (exact) mass is 314 g/mol. The Hall–Kier alpha value is -2.11. The maximum absolute atomic E-state index is 4.27. The SMILES string of the molecule is CN=C(NCCCC1CCCC1)NCc1nnc2ccccn12. The molecular weight excluding hydrogens is 288 g/mol. The molecule has 6 heteroatoms. The third-order valence-electron chi connectivity index (χ3n) is 4.58. The molecule has 2 heterocycles. The second-order valence-electron chi connectivity index (χ2n) is 6.19. The standard InChI is InChI=1S/C17H26N6/c1-18-17(19-11-6-9-14-7-2-3-8-14)20-13-16-22-21-15-10-4-5-12-23(15)16/h4-5,10,12,14H,2-3,6-9,11,13H2,1H3,(H2,18,19,20). The lowest BCUT2D eigenvalue weighted by Crippen LogP contribution is -2.37. The third-order valence-corrected chi connectivity index (χ3v) is 4.58. The van der Waals surface area contributed by atoms with Crippen molar-refractivity contribution in [3.05, 3.63) is 30.2 Å². The Balaban J connectivity index is 1.42. The van der Waals surface area contributed by atoms with Crippen molar-refractivity contribution in [2.45, 2.75) is 45.1 Å². The van der Waals surface area contributed by atoms with E-state index < -0.39 is 0 Å². The zero-order valence-corrected chi connectivity index (χ0v) is 13.8. The van der Waals surface area contributed by atoms with E-state index in [9.17, 15) is 0 Å². The lowest BCUT2D eigenvalue weighted by molar-refractivity contribution is 0.481. The maximum Gasteiger partial charge on any atom is 0.191 e. The number of aromatic nitrogens is 3. The summed E-state index contributed by atoms with van der Waals surface area (Å²) in [5.74, 6) is 2.66. The van der Waals surface area contributed by atoms with Crippen molar-refractivity contribution in [2.24, 2.45) is 10.9 Å². The summed E-state index contributed by atoms with van der Waals surface area (Å²) in [7, 11) is 1.80. The van der Waals surface area contributed by atoms with Gasteiger partial charge in [-0.3, -0.25) is 9.39 Å². The predicted molar refractivity (Wildman–Crippen MR) is 92.4 cm³/mol. The van der Waals surface area contributed by atoms with Crippen LogP contribution >= 0.6 is 0 Å². The highest BCUT2D eigenvalue weighted by molar-refractivity contribution is 5.79.